The van der Waals surface area contributed by atoms with Crippen molar-refractivity contribution in [3.63, 3.8) is 0 Å². The van der Waals surface area contributed by atoms with Gasteiger partial charge in [-0.3, -0.25) is 4.79 Å². The molecule has 0 saturated carbocycles. The minimum Gasteiger partial charge on any atom is -0.461 e. The monoisotopic (exact) mass is 246 g/mol. The second-order valence-corrected chi connectivity index (χ2v) is 3.17. The number of nitrogens with two attached hydrogens (primary N) is 1. The number of hydrogen-bond donors (Lipinski definition) is 2. The van der Waals surface area contributed by atoms with Gasteiger partial charge in [0.15, 0.2) is 5.43 Å². The van der Waals surface area contributed by atoms with Crippen LogP contribution in [-0.2, 0) is 11.3 Å². The molecule has 0 aromatic carbocycles. The zero-order valence-corrected chi connectivity index (χ0v) is 9.13. The molecule has 0 fully saturated rings. The third kappa shape index (κ3) is 2.88. The number of H-pyrrole nitrogens is 1. The molecule has 0 saturated heterocycles. The van der Waals surface area contributed by atoms with Crippen LogP contribution in [0.4, 0.5) is 8.78 Å². The number of halogens is 2. The molecule has 1 rings (SSSR count). The molecule has 1 aromatic heterocycles. The van der Waals surface area contributed by atoms with Crippen LogP contribution in [0.25, 0.3) is 0 Å². The largest absolute Gasteiger partial charge is 0.461 e. The standard InChI is InChI=1S/C10H12F2N2O3/c1-2-17-10(16)8-7(9(11)12)6(15)3-5(4-13)14-8/h3,9H,2,4,13H2,1H3,(H,14,15). The summed E-state index contributed by atoms with van der Waals surface area (Å²) >= 11 is 0. The van der Waals surface area contributed by atoms with Gasteiger partial charge in [0, 0.05) is 18.3 Å². The van der Waals surface area contributed by atoms with Crippen LogP contribution in [-0.4, -0.2) is 17.6 Å². The van der Waals surface area contributed by atoms with Crippen LogP contribution in [0.3, 0.4) is 0 Å². The molecular weight excluding hydrogens is 234 g/mol. The van der Waals surface area contributed by atoms with Gasteiger partial charge in [0.05, 0.1) is 12.2 Å². The lowest BCUT2D eigenvalue weighted by Crippen LogP contribution is -2.22. The zero-order chi connectivity index (χ0) is 13.0. The van der Waals surface area contributed by atoms with Crippen LogP contribution >= 0.6 is 0 Å². The van der Waals surface area contributed by atoms with Gasteiger partial charge in [-0.2, -0.15) is 0 Å². The second kappa shape index (κ2) is 5.53. The Hall–Kier alpha value is -1.76. The lowest BCUT2D eigenvalue weighted by molar-refractivity contribution is 0.0506. The highest BCUT2D eigenvalue weighted by molar-refractivity contribution is 5.89. The van der Waals surface area contributed by atoms with E-state index in [4.69, 9.17) is 5.73 Å². The van der Waals surface area contributed by atoms with Crippen molar-refractivity contribution < 1.29 is 18.3 Å². The highest BCUT2D eigenvalue weighted by atomic mass is 19.3. The van der Waals surface area contributed by atoms with Crippen LogP contribution < -0.4 is 11.2 Å². The maximum Gasteiger partial charge on any atom is 0.355 e. The molecule has 5 nitrogen and oxygen atoms in total. The second-order valence-electron chi connectivity index (χ2n) is 3.17. The Morgan fingerprint density at radius 1 is 1.59 bits per heavy atom. The number of carbonyl (C=O) groups excluding carboxylic acids is 1. The minimum atomic E-state index is -3.05. The molecular formula is C10H12F2N2O3. The summed E-state index contributed by atoms with van der Waals surface area (Å²) in [4.78, 5) is 25.2. The molecule has 1 aromatic rings. The van der Waals surface area contributed by atoms with E-state index in [0.717, 1.165) is 6.07 Å². The predicted octanol–water partition coefficient (Wildman–Crippen LogP) is 0.948. The number of ether oxygens (including phenoxy) is 1. The van der Waals surface area contributed by atoms with Crippen LogP contribution in [0.15, 0.2) is 10.9 Å². The summed E-state index contributed by atoms with van der Waals surface area (Å²) in [6, 6.07) is 0.949. The van der Waals surface area contributed by atoms with Crippen molar-refractivity contribution in [2.75, 3.05) is 6.61 Å². The first-order valence-electron chi connectivity index (χ1n) is 4.92. The Bertz CT molecular complexity index is 471. The van der Waals surface area contributed by atoms with Crippen LogP contribution in [0.5, 0.6) is 0 Å². The zero-order valence-electron chi connectivity index (χ0n) is 9.13. The van der Waals surface area contributed by atoms with E-state index in [-0.39, 0.29) is 18.8 Å². The summed E-state index contributed by atoms with van der Waals surface area (Å²) < 4.78 is 29.9. The van der Waals surface area contributed by atoms with Crippen LogP contribution in [0, 0.1) is 0 Å². The van der Waals surface area contributed by atoms with Gasteiger partial charge in [-0.05, 0) is 6.92 Å². The number of pyridine rings is 1. The number of nitrogens with one attached hydrogen (secondary N) is 1. The highest BCUT2D eigenvalue weighted by Gasteiger charge is 2.24. The van der Waals surface area contributed by atoms with E-state index < -0.39 is 29.1 Å². The highest BCUT2D eigenvalue weighted by Crippen LogP contribution is 2.19. The molecule has 3 N–H and O–H groups in total. The summed E-state index contributed by atoms with van der Waals surface area (Å²) in [6.45, 7) is 1.49. The van der Waals surface area contributed by atoms with Crippen molar-refractivity contribution in [1.82, 2.24) is 4.98 Å². The van der Waals surface area contributed by atoms with E-state index in [9.17, 15) is 18.4 Å². The Morgan fingerprint density at radius 3 is 2.71 bits per heavy atom. The summed E-state index contributed by atoms with van der Waals surface area (Å²) in [7, 11) is 0. The SMILES string of the molecule is CCOC(=O)c1[nH]c(CN)cc(=O)c1C(F)F. The van der Waals surface area contributed by atoms with Crippen molar-refractivity contribution in [2.45, 2.75) is 19.9 Å². The number of aromatic amines is 1. The van der Waals surface area contributed by atoms with Crippen molar-refractivity contribution in [3.05, 3.63) is 33.2 Å². The third-order valence-corrected chi connectivity index (χ3v) is 2.04. The van der Waals surface area contributed by atoms with E-state index in [1.54, 1.807) is 0 Å². The van der Waals surface area contributed by atoms with Crippen molar-refractivity contribution in [3.8, 4) is 0 Å². The molecule has 1 heterocycles. The number of aromatic nitrogens is 1. The molecule has 17 heavy (non-hydrogen) atoms. The van der Waals surface area contributed by atoms with Gasteiger partial charge in [-0.15, -0.1) is 0 Å². The van der Waals surface area contributed by atoms with Gasteiger partial charge in [-0.1, -0.05) is 0 Å². The van der Waals surface area contributed by atoms with Crippen LogP contribution in [0.2, 0.25) is 0 Å². The van der Waals surface area contributed by atoms with Gasteiger partial charge in [0.1, 0.15) is 5.69 Å². The fourth-order valence-corrected chi connectivity index (χ4v) is 1.31. The molecule has 0 aliphatic rings. The summed E-state index contributed by atoms with van der Waals surface area (Å²) in [5.74, 6) is -0.991. The van der Waals surface area contributed by atoms with E-state index in [1.807, 2.05) is 0 Å². The van der Waals surface area contributed by atoms with Gasteiger partial charge in [0.25, 0.3) is 6.43 Å². The molecule has 0 unspecified atom stereocenters. The smallest absolute Gasteiger partial charge is 0.355 e. The summed E-state index contributed by atoms with van der Waals surface area (Å²) in [6.07, 6.45) is -3.05. The van der Waals surface area contributed by atoms with E-state index in [2.05, 4.69) is 9.72 Å². The van der Waals surface area contributed by atoms with Crippen molar-refractivity contribution in [2.24, 2.45) is 5.73 Å². The lowest BCUT2D eigenvalue weighted by atomic mass is 10.1. The maximum absolute atomic E-state index is 12.7. The Morgan fingerprint density at radius 2 is 2.24 bits per heavy atom. The Kier molecular flexibility index (Phi) is 4.33. The van der Waals surface area contributed by atoms with E-state index in [0.29, 0.717) is 0 Å². The van der Waals surface area contributed by atoms with E-state index in [1.165, 1.54) is 6.92 Å². The Balaban J connectivity index is 3.37. The number of rotatable bonds is 4. The van der Waals surface area contributed by atoms with Crippen molar-refractivity contribution in [1.29, 1.82) is 0 Å². The Labute approximate surface area is 95.6 Å². The molecule has 7 heteroatoms. The van der Waals surface area contributed by atoms with Crippen LogP contribution in [0.1, 0.15) is 35.1 Å². The third-order valence-electron chi connectivity index (χ3n) is 2.04. The molecule has 0 bridgehead atoms. The first-order valence-corrected chi connectivity index (χ1v) is 4.92. The molecule has 0 spiro atoms. The number of esters is 1. The van der Waals surface area contributed by atoms with Gasteiger partial charge < -0.3 is 15.5 Å². The lowest BCUT2D eigenvalue weighted by Gasteiger charge is -2.09. The number of hydrogen-bond acceptors (Lipinski definition) is 4. The first kappa shape index (κ1) is 13.3. The summed E-state index contributed by atoms with van der Waals surface area (Å²) in [5, 5.41) is 0. The van der Waals surface area contributed by atoms with Gasteiger partial charge in [0.2, 0.25) is 0 Å². The normalized spacial score (nSPS) is 10.6. The average molecular weight is 246 g/mol. The molecule has 0 atom stereocenters. The van der Waals surface area contributed by atoms with Gasteiger partial charge in [-0.25, -0.2) is 13.6 Å². The predicted molar refractivity (Wildman–Crippen MR) is 55.9 cm³/mol. The molecule has 0 aliphatic heterocycles. The topological polar surface area (TPSA) is 85.2 Å². The minimum absolute atomic E-state index is 0.0242. The van der Waals surface area contributed by atoms with E-state index >= 15 is 0 Å². The number of alkyl halides is 2. The average Bonchev–Trinajstić information content (AvgIpc) is 2.27. The fourth-order valence-electron chi connectivity index (χ4n) is 1.31. The quantitative estimate of drug-likeness (QED) is 0.774. The summed E-state index contributed by atoms with van der Waals surface area (Å²) in [5.41, 5.74) is 3.13. The molecule has 0 amide bonds. The molecule has 94 valence electrons. The fraction of sp³-hybridized carbons (Fsp3) is 0.400. The van der Waals surface area contributed by atoms with Gasteiger partial charge >= 0.3 is 5.97 Å². The van der Waals surface area contributed by atoms with Crippen molar-refractivity contribution >= 4 is 5.97 Å². The maximum atomic E-state index is 12.7. The number of carbonyl (C=O) groups is 1. The first-order chi connectivity index (χ1) is 8.01. The molecule has 0 aliphatic carbocycles. The molecule has 0 radical (unpaired) electrons.